The summed E-state index contributed by atoms with van der Waals surface area (Å²) in [5.41, 5.74) is 10.7. The smallest absolute Gasteiger partial charge is 0.306 e. The van der Waals surface area contributed by atoms with Crippen molar-refractivity contribution in [1.29, 1.82) is 5.41 Å². The van der Waals surface area contributed by atoms with Crippen molar-refractivity contribution in [3.63, 3.8) is 0 Å². The van der Waals surface area contributed by atoms with Crippen LogP contribution < -0.4 is 15.8 Å². The van der Waals surface area contributed by atoms with Crippen molar-refractivity contribution in [2.45, 2.75) is 37.8 Å². The number of nitrogens with two attached hydrogens (primary N) is 1. The van der Waals surface area contributed by atoms with Gasteiger partial charge in [0.05, 0.1) is 18.4 Å². The van der Waals surface area contributed by atoms with Gasteiger partial charge in [-0.1, -0.05) is 60.7 Å². The molecule has 3 aromatic carbocycles. The maximum atomic E-state index is 12.5. The third-order valence-electron chi connectivity index (χ3n) is 6.85. The van der Waals surface area contributed by atoms with Crippen molar-refractivity contribution >= 4 is 17.7 Å². The number of carbonyl (C=O) groups excluding carboxylic acids is 2. The maximum absolute atomic E-state index is 12.5. The van der Waals surface area contributed by atoms with E-state index in [2.05, 4.69) is 17.4 Å². The Morgan fingerprint density at radius 1 is 0.944 bits per heavy atom. The van der Waals surface area contributed by atoms with Gasteiger partial charge in [-0.3, -0.25) is 15.0 Å². The fraction of sp³-hybridized carbons (Fsp3) is 0.276. The van der Waals surface area contributed by atoms with Crippen molar-refractivity contribution in [3.05, 3.63) is 89.5 Å². The minimum absolute atomic E-state index is 0.0447. The lowest BCUT2D eigenvalue weighted by molar-refractivity contribution is -0.151. The summed E-state index contributed by atoms with van der Waals surface area (Å²) in [4.78, 5) is 24.9. The third kappa shape index (κ3) is 5.40. The molecule has 0 bridgehead atoms. The average Bonchev–Trinajstić information content (AvgIpc) is 3.45. The molecule has 4 N–H and O–H groups in total. The van der Waals surface area contributed by atoms with Crippen LogP contribution in [0, 0.1) is 11.3 Å². The molecule has 1 saturated heterocycles. The Labute approximate surface area is 210 Å². The topological polar surface area (TPSA) is 115 Å². The van der Waals surface area contributed by atoms with Gasteiger partial charge in [0, 0.05) is 18.4 Å². The first kappa shape index (κ1) is 23.6. The van der Waals surface area contributed by atoms with Gasteiger partial charge in [-0.05, 0) is 40.8 Å². The molecular formula is C29H29N3O4. The number of nitrogen functional groups attached to an aromatic ring is 1. The summed E-state index contributed by atoms with van der Waals surface area (Å²) in [5, 5.41) is 10.4. The van der Waals surface area contributed by atoms with Crippen molar-refractivity contribution in [1.82, 2.24) is 5.32 Å². The lowest BCUT2D eigenvalue weighted by atomic mass is 10.0. The predicted molar refractivity (Wildman–Crippen MR) is 137 cm³/mol. The highest BCUT2D eigenvalue weighted by Crippen LogP contribution is 2.27. The summed E-state index contributed by atoms with van der Waals surface area (Å²) >= 11 is 0. The molecule has 5 rings (SSSR count). The number of ether oxygens (including phenoxy) is 2. The van der Waals surface area contributed by atoms with Crippen LogP contribution in [0.15, 0.2) is 72.8 Å². The Bertz CT molecular complexity index is 1250. The van der Waals surface area contributed by atoms with Gasteiger partial charge in [-0.25, -0.2) is 0 Å². The molecule has 7 nitrogen and oxygen atoms in total. The van der Waals surface area contributed by atoms with Crippen LogP contribution in [0.4, 0.5) is 0 Å². The molecule has 36 heavy (non-hydrogen) atoms. The van der Waals surface area contributed by atoms with Gasteiger partial charge in [0.2, 0.25) is 5.91 Å². The van der Waals surface area contributed by atoms with Crippen LogP contribution in [0.5, 0.6) is 5.75 Å². The van der Waals surface area contributed by atoms with E-state index in [1.165, 1.54) is 11.1 Å². The zero-order valence-electron chi connectivity index (χ0n) is 19.9. The molecule has 7 heteroatoms. The van der Waals surface area contributed by atoms with Crippen molar-refractivity contribution in [2.75, 3.05) is 6.61 Å². The molecule has 0 spiro atoms. The van der Waals surface area contributed by atoms with Crippen LogP contribution >= 0.6 is 0 Å². The van der Waals surface area contributed by atoms with Crippen LogP contribution in [-0.2, 0) is 27.2 Å². The van der Waals surface area contributed by atoms with Gasteiger partial charge in [-0.2, -0.15) is 0 Å². The number of rotatable bonds is 8. The van der Waals surface area contributed by atoms with Gasteiger partial charge in [0.25, 0.3) is 0 Å². The lowest BCUT2D eigenvalue weighted by Crippen LogP contribution is -2.31. The van der Waals surface area contributed by atoms with E-state index in [0.717, 1.165) is 24.0 Å². The molecule has 2 atom stereocenters. The van der Waals surface area contributed by atoms with E-state index in [1.807, 2.05) is 60.7 Å². The van der Waals surface area contributed by atoms with E-state index in [4.69, 9.17) is 20.6 Å². The highest BCUT2D eigenvalue weighted by atomic mass is 16.5. The van der Waals surface area contributed by atoms with Crippen LogP contribution in [0.25, 0.3) is 11.1 Å². The Morgan fingerprint density at radius 2 is 1.56 bits per heavy atom. The molecule has 0 radical (unpaired) electrons. The molecule has 1 fully saturated rings. The number of amides is 1. The summed E-state index contributed by atoms with van der Waals surface area (Å²) < 4.78 is 11.6. The van der Waals surface area contributed by atoms with Gasteiger partial charge < -0.3 is 20.5 Å². The Balaban J connectivity index is 1.08. The van der Waals surface area contributed by atoms with E-state index in [0.29, 0.717) is 24.3 Å². The van der Waals surface area contributed by atoms with Gasteiger partial charge >= 0.3 is 5.97 Å². The monoisotopic (exact) mass is 483 g/mol. The van der Waals surface area contributed by atoms with E-state index in [-0.39, 0.29) is 36.3 Å². The van der Waals surface area contributed by atoms with Crippen LogP contribution in [0.3, 0.4) is 0 Å². The summed E-state index contributed by atoms with van der Waals surface area (Å²) in [6.45, 7) is 0.335. The average molecular weight is 484 g/mol. The summed E-state index contributed by atoms with van der Waals surface area (Å²) in [6.07, 6.45) is 1.95. The van der Waals surface area contributed by atoms with E-state index >= 15 is 0 Å². The fourth-order valence-electron chi connectivity index (χ4n) is 4.93. The first-order valence-corrected chi connectivity index (χ1v) is 12.2. The lowest BCUT2D eigenvalue weighted by Gasteiger charge is -2.14. The van der Waals surface area contributed by atoms with Crippen LogP contribution in [0.1, 0.15) is 29.5 Å². The number of hydrogen-bond acceptors (Lipinski definition) is 5. The molecule has 0 unspecified atom stereocenters. The molecule has 1 amide bonds. The molecule has 1 aliphatic heterocycles. The van der Waals surface area contributed by atoms with E-state index in [1.54, 1.807) is 0 Å². The molecule has 1 heterocycles. The van der Waals surface area contributed by atoms with Gasteiger partial charge in [-0.15, -0.1) is 0 Å². The third-order valence-corrected chi connectivity index (χ3v) is 6.85. The summed E-state index contributed by atoms with van der Waals surface area (Å²) in [6, 6.07) is 23.2. The molecule has 184 valence electrons. The second kappa shape index (κ2) is 10.2. The molecule has 0 aromatic heterocycles. The molecule has 2 aliphatic rings. The number of esters is 1. The normalized spacial score (nSPS) is 18.9. The Morgan fingerprint density at radius 3 is 2.17 bits per heavy atom. The zero-order valence-corrected chi connectivity index (χ0v) is 19.9. The first-order chi connectivity index (χ1) is 17.4. The Hall–Kier alpha value is -4.13. The number of hydrogen-bond donors (Lipinski definition) is 3. The quantitative estimate of drug-likeness (QED) is 0.257. The summed E-state index contributed by atoms with van der Waals surface area (Å²) in [7, 11) is 0. The number of nitrogens with one attached hydrogen (secondary N) is 2. The molecular weight excluding hydrogens is 454 g/mol. The largest absolute Gasteiger partial charge is 0.491 e. The second-order valence-electron chi connectivity index (χ2n) is 9.46. The fourth-order valence-corrected chi connectivity index (χ4v) is 4.93. The van der Waals surface area contributed by atoms with Gasteiger partial charge in [0.1, 0.15) is 24.3 Å². The molecule has 3 aromatic rings. The van der Waals surface area contributed by atoms with E-state index in [9.17, 15) is 9.59 Å². The standard InChI is InChI=1S/C29H29N3O4/c30-28(31)20-7-5-18(6-8-20)19-9-11-25(12-10-19)35-17-24-13-23(29(34)32-24)16-27(33)36-26-14-21-3-1-2-4-22(21)15-26/h1-12,23-24,26H,13-17H2,(H3,30,31)(H,32,34)/t23-,24-/m0/s1. The van der Waals surface area contributed by atoms with Crippen molar-refractivity contribution in [3.8, 4) is 16.9 Å². The van der Waals surface area contributed by atoms with Crippen LogP contribution in [-0.4, -0.2) is 36.5 Å². The number of amidine groups is 1. The second-order valence-corrected chi connectivity index (χ2v) is 9.46. The zero-order chi connectivity index (χ0) is 25.1. The van der Waals surface area contributed by atoms with Crippen molar-refractivity contribution < 1.29 is 19.1 Å². The summed E-state index contributed by atoms with van der Waals surface area (Å²) in [5.74, 6) is -0.0865. The maximum Gasteiger partial charge on any atom is 0.306 e. The highest BCUT2D eigenvalue weighted by molar-refractivity contribution is 5.95. The Kier molecular flexibility index (Phi) is 6.71. The van der Waals surface area contributed by atoms with Crippen LogP contribution in [0.2, 0.25) is 0 Å². The minimum Gasteiger partial charge on any atom is -0.491 e. The first-order valence-electron chi connectivity index (χ1n) is 12.2. The van der Waals surface area contributed by atoms with Crippen molar-refractivity contribution in [2.24, 2.45) is 11.7 Å². The SMILES string of the molecule is N=C(N)c1ccc(-c2ccc(OC[C@@H]3C[C@@H](CC(=O)OC4Cc5ccccc5C4)C(=O)N3)cc2)cc1. The number of carbonyl (C=O) groups is 2. The molecule has 0 saturated carbocycles. The van der Waals surface area contributed by atoms with Gasteiger partial charge in [0.15, 0.2) is 0 Å². The molecule has 1 aliphatic carbocycles. The minimum atomic E-state index is -0.393. The van der Waals surface area contributed by atoms with E-state index < -0.39 is 5.92 Å². The number of fused-ring (bicyclic) bond motifs is 1. The predicted octanol–water partition coefficient (Wildman–Crippen LogP) is 3.62. The highest BCUT2D eigenvalue weighted by Gasteiger charge is 2.35. The number of benzene rings is 3.